The number of rotatable bonds is 4. The summed E-state index contributed by atoms with van der Waals surface area (Å²) >= 11 is 0. The van der Waals surface area contributed by atoms with E-state index in [4.69, 9.17) is 5.73 Å². The fourth-order valence-corrected chi connectivity index (χ4v) is 1.53. The molecule has 1 aromatic rings. The van der Waals surface area contributed by atoms with Gasteiger partial charge in [0.15, 0.2) is 0 Å². The van der Waals surface area contributed by atoms with E-state index in [1.54, 1.807) is 11.8 Å². The highest BCUT2D eigenvalue weighted by atomic mass is 16.6. The molecule has 0 bridgehead atoms. The van der Waals surface area contributed by atoms with Crippen LogP contribution in [0.4, 0.5) is 17.5 Å². The zero-order valence-corrected chi connectivity index (χ0v) is 9.60. The van der Waals surface area contributed by atoms with Gasteiger partial charge in [-0.25, -0.2) is 4.98 Å². The molecule has 0 saturated heterocycles. The first-order valence-corrected chi connectivity index (χ1v) is 5.04. The van der Waals surface area contributed by atoms with Gasteiger partial charge in [-0.2, -0.15) is 4.98 Å². The second kappa shape index (κ2) is 4.73. The Labute approximate surface area is 93.4 Å². The second-order valence-electron chi connectivity index (χ2n) is 3.27. The van der Waals surface area contributed by atoms with Gasteiger partial charge in [0.1, 0.15) is 5.69 Å². The lowest BCUT2D eigenvalue weighted by atomic mass is 10.3. The van der Waals surface area contributed by atoms with E-state index >= 15 is 0 Å². The van der Waals surface area contributed by atoms with Crippen molar-refractivity contribution in [3.05, 3.63) is 15.8 Å². The van der Waals surface area contributed by atoms with Crippen LogP contribution in [0.5, 0.6) is 0 Å². The van der Waals surface area contributed by atoms with Crippen molar-refractivity contribution in [2.24, 2.45) is 0 Å². The molecule has 16 heavy (non-hydrogen) atoms. The Bertz CT molecular complexity index is 403. The Morgan fingerprint density at radius 2 is 1.94 bits per heavy atom. The molecule has 0 radical (unpaired) electrons. The quantitative estimate of drug-likeness (QED) is 0.609. The van der Waals surface area contributed by atoms with Crippen LogP contribution in [0.25, 0.3) is 0 Å². The molecule has 0 amide bonds. The van der Waals surface area contributed by atoms with Crippen molar-refractivity contribution in [1.82, 2.24) is 9.97 Å². The lowest BCUT2D eigenvalue weighted by Crippen LogP contribution is -2.25. The number of hydrogen-bond donors (Lipinski definition) is 1. The molecule has 0 unspecified atom stereocenters. The van der Waals surface area contributed by atoms with Crippen LogP contribution in [0.3, 0.4) is 0 Å². The van der Waals surface area contributed by atoms with Gasteiger partial charge < -0.3 is 10.6 Å². The number of nitrogens with zero attached hydrogens (tertiary/aromatic N) is 4. The number of nitro groups is 1. The Kier molecular flexibility index (Phi) is 3.60. The summed E-state index contributed by atoms with van der Waals surface area (Å²) < 4.78 is 0. The summed E-state index contributed by atoms with van der Waals surface area (Å²) in [5.74, 6) is 0.352. The number of aromatic nitrogens is 2. The molecule has 0 aliphatic carbocycles. The van der Waals surface area contributed by atoms with E-state index < -0.39 is 4.92 Å². The Morgan fingerprint density at radius 1 is 1.38 bits per heavy atom. The molecule has 1 heterocycles. The fourth-order valence-electron chi connectivity index (χ4n) is 1.53. The van der Waals surface area contributed by atoms with Gasteiger partial charge in [-0.15, -0.1) is 0 Å². The van der Waals surface area contributed by atoms with Crippen molar-refractivity contribution in [1.29, 1.82) is 0 Å². The molecule has 1 rings (SSSR count). The van der Waals surface area contributed by atoms with Gasteiger partial charge >= 0.3 is 5.69 Å². The summed E-state index contributed by atoms with van der Waals surface area (Å²) in [6.07, 6.45) is 0. The average molecular weight is 225 g/mol. The monoisotopic (exact) mass is 225 g/mol. The van der Waals surface area contributed by atoms with Crippen LogP contribution in [-0.2, 0) is 0 Å². The third-order valence-electron chi connectivity index (χ3n) is 2.30. The lowest BCUT2D eigenvalue weighted by Gasteiger charge is -2.19. The molecule has 7 nitrogen and oxygen atoms in total. The minimum atomic E-state index is -0.470. The normalized spacial score (nSPS) is 10.2. The van der Waals surface area contributed by atoms with E-state index in [1.807, 2.05) is 13.8 Å². The molecular formula is C9H15N5O2. The van der Waals surface area contributed by atoms with Gasteiger partial charge in [0.25, 0.3) is 0 Å². The maximum atomic E-state index is 10.9. The molecule has 0 atom stereocenters. The average Bonchev–Trinajstić information content (AvgIpc) is 2.17. The molecule has 0 spiro atoms. The van der Waals surface area contributed by atoms with Crippen LogP contribution in [0.15, 0.2) is 0 Å². The van der Waals surface area contributed by atoms with Gasteiger partial charge in [-0.1, -0.05) is 0 Å². The van der Waals surface area contributed by atoms with Gasteiger partial charge in [0, 0.05) is 13.1 Å². The maximum absolute atomic E-state index is 10.9. The standard InChI is InChI=1S/C9H15N5O2/c1-4-13(5-2)8-7(14(15)16)6(3)11-9(10)12-8/h4-5H2,1-3H3,(H2,10,11,12). The first kappa shape index (κ1) is 12.2. The predicted molar refractivity (Wildman–Crippen MR) is 61.4 cm³/mol. The van der Waals surface area contributed by atoms with Crippen molar-refractivity contribution >= 4 is 17.5 Å². The molecule has 7 heteroatoms. The zero-order chi connectivity index (χ0) is 12.3. The summed E-state index contributed by atoms with van der Waals surface area (Å²) in [5, 5.41) is 10.9. The van der Waals surface area contributed by atoms with Crippen LogP contribution in [0, 0.1) is 17.0 Å². The molecular weight excluding hydrogens is 210 g/mol. The van der Waals surface area contributed by atoms with E-state index in [9.17, 15) is 10.1 Å². The van der Waals surface area contributed by atoms with Crippen LogP contribution < -0.4 is 10.6 Å². The first-order chi connectivity index (χ1) is 7.51. The number of nitrogens with two attached hydrogens (primary N) is 1. The van der Waals surface area contributed by atoms with Gasteiger partial charge in [-0.05, 0) is 20.8 Å². The minimum absolute atomic E-state index is 0.0602. The number of nitrogen functional groups attached to an aromatic ring is 1. The molecule has 0 aromatic carbocycles. The number of aryl methyl sites for hydroxylation is 1. The fraction of sp³-hybridized carbons (Fsp3) is 0.556. The summed E-state index contributed by atoms with van der Waals surface area (Å²) in [7, 11) is 0. The summed E-state index contributed by atoms with van der Waals surface area (Å²) in [6.45, 7) is 6.63. The molecule has 0 aliphatic heterocycles. The Hall–Kier alpha value is -1.92. The van der Waals surface area contributed by atoms with Crippen molar-refractivity contribution in [3.8, 4) is 0 Å². The molecule has 88 valence electrons. The third-order valence-corrected chi connectivity index (χ3v) is 2.30. The van der Waals surface area contributed by atoms with E-state index in [2.05, 4.69) is 9.97 Å². The van der Waals surface area contributed by atoms with Crippen molar-refractivity contribution < 1.29 is 4.92 Å². The van der Waals surface area contributed by atoms with Crippen LogP contribution in [-0.4, -0.2) is 28.0 Å². The number of hydrogen-bond acceptors (Lipinski definition) is 6. The Morgan fingerprint density at radius 3 is 2.38 bits per heavy atom. The van der Waals surface area contributed by atoms with Crippen molar-refractivity contribution in [2.45, 2.75) is 20.8 Å². The predicted octanol–water partition coefficient (Wildman–Crippen LogP) is 1.12. The van der Waals surface area contributed by atoms with Crippen LogP contribution >= 0.6 is 0 Å². The number of anilines is 2. The van der Waals surface area contributed by atoms with Crippen molar-refractivity contribution in [3.63, 3.8) is 0 Å². The maximum Gasteiger partial charge on any atom is 0.332 e. The molecule has 0 fully saturated rings. The van der Waals surface area contributed by atoms with E-state index in [1.165, 1.54) is 0 Å². The largest absolute Gasteiger partial charge is 0.368 e. The lowest BCUT2D eigenvalue weighted by molar-refractivity contribution is -0.385. The van der Waals surface area contributed by atoms with Crippen LogP contribution in [0.2, 0.25) is 0 Å². The second-order valence-corrected chi connectivity index (χ2v) is 3.27. The first-order valence-electron chi connectivity index (χ1n) is 5.04. The summed E-state index contributed by atoms with van der Waals surface area (Å²) in [4.78, 5) is 20.0. The summed E-state index contributed by atoms with van der Waals surface area (Å²) in [6, 6.07) is 0. The van der Waals surface area contributed by atoms with Gasteiger partial charge in [0.2, 0.25) is 11.8 Å². The highest BCUT2D eigenvalue weighted by molar-refractivity contribution is 5.61. The Balaban J connectivity index is 3.39. The topological polar surface area (TPSA) is 98.2 Å². The smallest absolute Gasteiger partial charge is 0.332 e. The summed E-state index contributed by atoms with van der Waals surface area (Å²) in [5.41, 5.74) is 5.72. The highest BCUT2D eigenvalue weighted by Crippen LogP contribution is 2.28. The van der Waals surface area contributed by atoms with Crippen molar-refractivity contribution in [2.75, 3.05) is 23.7 Å². The van der Waals surface area contributed by atoms with E-state index in [0.717, 1.165) is 0 Å². The molecule has 0 saturated carbocycles. The third kappa shape index (κ3) is 2.18. The minimum Gasteiger partial charge on any atom is -0.368 e. The molecule has 2 N–H and O–H groups in total. The molecule has 0 aliphatic rings. The van der Waals surface area contributed by atoms with Gasteiger partial charge in [-0.3, -0.25) is 10.1 Å². The SMILES string of the molecule is CCN(CC)c1nc(N)nc(C)c1[N+](=O)[O-]. The molecule has 1 aromatic heterocycles. The van der Waals surface area contributed by atoms with E-state index in [-0.39, 0.29) is 11.6 Å². The zero-order valence-electron chi connectivity index (χ0n) is 9.60. The van der Waals surface area contributed by atoms with Gasteiger partial charge in [0.05, 0.1) is 4.92 Å². The van der Waals surface area contributed by atoms with Crippen LogP contribution in [0.1, 0.15) is 19.5 Å². The van der Waals surface area contributed by atoms with E-state index in [0.29, 0.717) is 24.6 Å². The highest BCUT2D eigenvalue weighted by Gasteiger charge is 2.24.